The van der Waals surface area contributed by atoms with Gasteiger partial charge in [-0.2, -0.15) is 12.2 Å². The zero-order valence-electron chi connectivity index (χ0n) is 26.1. The van der Waals surface area contributed by atoms with Crippen molar-refractivity contribution in [3.63, 3.8) is 0 Å². The van der Waals surface area contributed by atoms with Gasteiger partial charge in [0.2, 0.25) is 5.95 Å². The van der Waals surface area contributed by atoms with E-state index >= 15 is 0 Å². The van der Waals surface area contributed by atoms with Gasteiger partial charge in [-0.3, -0.25) is 4.99 Å². The van der Waals surface area contributed by atoms with Gasteiger partial charge in [0.25, 0.3) is 0 Å². The molecule has 2 aromatic carbocycles. The molecule has 0 aliphatic carbocycles. The third kappa shape index (κ3) is 20.7. The van der Waals surface area contributed by atoms with Gasteiger partial charge in [-0.05, 0) is 56.1 Å². The van der Waals surface area contributed by atoms with E-state index in [0.717, 1.165) is 12.2 Å². The van der Waals surface area contributed by atoms with Crippen LogP contribution in [0.1, 0.15) is 0 Å². The van der Waals surface area contributed by atoms with Crippen LogP contribution in [0.25, 0.3) is 11.1 Å². The summed E-state index contributed by atoms with van der Waals surface area (Å²) in [6.07, 6.45) is 7.94. The van der Waals surface area contributed by atoms with E-state index in [1.54, 1.807) is 64.0 Å². The van der Waals surface area contributed by atoms with Crippen molar-refractivity contribution in [2.45, 2.75) is 0 Å². The van der Waals surface area contributed by atoms with E-state index < -0.39 is 5.82 Å². The number of hydrogen-bond acceptors (Lipinski definition) is 8. The third-order valence-corrected chi connectivity index (χ3v) is 5.19. The van der Waals surface area contributed by atoms with Crippen LogP contribution in [-0.2, 0) is 0 Å². The first-order valence-corrected chi connectivity index (χ1v) is 13.0. The minimum atomic E-state index is -0.475. The second-order valence-corrected chi connectivity index (χ2v) is 8.56. The van der Waals surface area contributed by atoms with Crippen LogP contribution in [0.15, 0.2) is 90.9 Å². The molecule has 0 aliphatic rings. The summed E-state index contributed by atoms with van der Waals surface area (Å²) in [5, 5.41) is 8.95. The van der Waals surface area contributed by atoms with Crippen LogP contribution in [0.4, 0.5) is 39.8 Å². The number of nitrogens with one attached hydrogen (secondary N) is 3. The molecule has 0 bridgehead atoms. The molecule has 0 atom stereocenters. The maximum atomic E-state index is 13.4. The zero-order chi connectivity index (χ0) is 33.9. The first kappa shape index (κ1) is 46.6. The quantitative estimate of drug-likeness (QED) is 0.0814. The van der Waals surface area contributed by atoms with Gasteiger partial charge < -0.3 is 31.0 Å². The summed E-state index contributed by atoms with van der Waals surface area (Å²) in [5.74, 6) is 0.245. The van der Waals surface area contributed by atoms with Gasteiger partial charge in [-0.25, -0.2) is 13.8 Å². The molecule has 0 fully saturated rings. The fourth-order valence-electron chi connectivity index (χ4n) is 2.79. The Hall–Kier alpha value is -2.85. The molecule has 0 radical (unpaired) electrons. The van der Waals surface area contributed by atoms with Crippen molar-refractivity contribution in [2.24, 2.45) is 10.7 Å². The molecule has 3 rings (SSSR count). The summed E-state index contributed by atoms with van der Waals surface area (Å²) in [7, 11) is 9.25. The monoisotopic (exact) mass is 680 g/mol. The Balaban J connectivity index is -0.000000809. The van der Waals surface area contributed by atoms with Crippen LogP contribution >= 0.6 is 11.6 Å². The van der Waals surface area contributed by atoms with E-state index in [1.807, 2.05) is 19.0 Å². The SMILES string of the molecule is C=CC=C.CNc1ccc(F)cc1.CNc1nc(N/C(C=NCCN(C)C)=C/N)ncc1-c1ccc(F)c(Cl)c1.FF.[CH2-]F.[K+]. The number of halogens is 6. The van der Waals surface area contributed by atoms with Crippen molar-refractivity contribution in [3.8, 4) is 11.1 Å². The number of rotatable bonds is 10. The second kappa shape index (κ2) is 29.8. The Kier molecular flexibility index (Phi) is 30.9. The maximum Gasteiger partial charge on any atom is 1.00 e. The van der Waals surface area contributed by atoms with Gasteiger partial charge in [0.05, 0.1) is 17.3 Å². The Morgan fingerprint density at radius 1 is 1.04 bits per heavy atom. The van der Waals surface area contributed by atoms with Crippen LogP contribution in [0, 0.1) is 18.8 Å². The number of aliphatic imine (C=N–C) groups is 1. The molecule has 0 unspecified atom stereocenters. The predicted octanol–water partition coefficient (Wildman–Crippen LogP) is 4.64. The Morgan fingerprint density at radius 3 is 2.11 bits per heavy atom. The number of nitrogens with two attached hydrogens (primary N) is 1. The number of allylic oxidation sites excluding steroid dienone is 3. The van der Waals surface area contributed by atoms with Crippen molar-refractivity contribution in [2.75, 3.05) is 57.2 Å². The predicted molar refractivity (Wildman–Crippen MR) is 175 cm³/mol. The van der Waals surface area contributed by atoms with Crippen molar-refractivity contribution in [3.05, 3.63) is 110 Å². The third-order valence-electron chi connectivity index (χ3n) is 4.90. The number of hydrogen-bond donors (Lipinski definition) is 4. The van der Waals surface area contributed by atoms with Gasteiger partial charge in [0, 0.05) is 59.7 Å². The molecule has 0 spiro atoms. The second-order valence-electron chi connectivity index (χ2n) is 8.15. The maximum absolute atomic E-state index is 13.4. The number of aromatic nitrogens is 2. The normalized spacial score (nSPS) is 9.73. The van der Waals surface area contributed by atoms with Crippen LogP contribution in [0.3, 0.4) is 0 Å². The zero-order valence-corrected chi connectivity index (χ0v) is 30.0. The van der Waals surface area contributed by atoms with E-state index in [4.69, 9.17) is 26.5 Å². The average molecular weight is 681 g/mol. The number of likely N-dealkylation sites (N-methyl/N-ethyl adjacent to an activating group) is 1. The van der Waals surface area contributed by atoms with Crippen LogP contribution in [-0.4, -0.2) is 62.4 Å². The fourth-order valence-corrected chi connectivity index (χ4v) is 2.97. The van der Waals surface area contributed by atoms with E-state index in [2.05, 4.69) is 44.1 Å². The topological polar surface area (TPSA) is 103 Å². The number of benzene rings is 2. The fraction of sp³-hybridized carbons (Fsp3) is 0.200. The van der Waals surface area contributed by atoms with Crippen molar-refractivity contribution < 1.29 is 73.7 Å². The van der Waals surface area contributed by atoms with Crippen molar-refractivity contribution in [1.29, 1.82) is 0 Å². The van der Waals surface area contributed by atoms with E-state index in [9.17, 15) is 13.2 Å². The van der Waals surface area contributed by atoms with Gasteiger partial charge in [-0.15, -0.1) is 0 Å². The molecule has 5 N–H and O–H groups in total. The van der Waals surface area contributed by atoms with Crippen molar-refractivity contribution in [1.82, 2.24) is 14.9 Å². The molecule has 3 aromatic rings. The standard InChI is InChI=1S/C18H23ClFN7.C7H8FN.C4H6.CH2F.F2.K/c1-22-17-14(12-4-5-16(20)15(19)8-12)11-24-18(26-17)25-13(9-21)10-23-6-7-27(2)3;1-9-7-4-2-6(8)3-5-7;1-3-4-2;2*1-2;/h4-5,8-11H,6-7,21H2,1-3H3,(H2,22,24,25,26);2-5,9H,1H3;3-4H,1-2H2;1H2;;/q;;;-1;;+1/b13-9+,23-10?;;;;;. The van der Waals surface area contributed by atoms with Crippen LogP contribution in [0.2, 0.25) is 5.02 Å². The van der Waals surface area contributed by atoms with Gasteiger partial charge in [0.1, 0.15) is 17.5 Å². The number of nitrogens with zero attached hydrogens (tertiary/aromatic N) is 4. The first-order valence-electron chi connectivity index (χ1n) is 12.6. The molecular weight excluding hydrogens is 642 g/mol. The Bertz CT molecular complexity index is 1270. The smallest absolute Gasteiger partial charge is 0.463 e. The minimum Gasteiger partial charge on any atom is -0.463 e. The van der Waals surface area contributed by atoms with Gasteiger partial charge in [0.15, 0.2) is 0 Å². The summed E-state index contributed by atoms with van der Waals surface area (Å²) >= 11 is 5.87. The first-order chi connectivity index (χ1) is 21.2. The van der Waals surface area contributed by atoms with Gasteiger partial charge >= 0.3 is 51.4 Å². The number of anilines is 3. The van der Waals surface area contributed by atoms with Gasteiger partial charge in [-0.1, -0.05) is 43.0 Å². The molecular formula is C30H39ClF5KN8. The molecule has 0 amide bonds. The summed E-state index contributed by atoms with van der Waals surface area (Å²) in [4.78, 5) is 15.1. The molecule has 45 heavy (non-hydrogen) atoms. The minimum absolute atomic E-state index is 0. The van der Waals surface area contributed by atoms with Crippen LogP contribution in [0.5, 0.6) is 0 Å². The molecule has 242 valence electrons. The van der Waals surface area contributed by atoms with E-state index in [0.29, 0.717) is 35.1 Å². The summed E-state index contributed by atoms with van der Waals surface area (Å²) in [6.45, 7) is 8.21. The molecule has 1 heterocycles. The Morgan fingerprint density at radius 2 is 1.64 bits per heavy atom. The summed E-state index contributed by atoms with van der Waals surface area (Å²) in [6, 6.07) is 10.7. The van der Waals surface area contributed by atoms with E-state index in [-0.39, 0.29) is 62.2 Å². The molecule has 0 aliphatic heterocycles. The summed E-state index contributed by atoms with van der Waals surface area (Å²) in [5.41, 5.74) is 8.54. The average Bonchev–Trinajstić information content (AvgIpc) is 3.06. The molecule has 0 saturated carbocycles. The molecule has 0 saturated heterocycles. The molecule has 1 aromatic heterocycles. The largest absolute Gasteiger partial charge is 1.00 e. The molecule has 15 heteroatoms. The molecule has 8 nitrogen and oxygen atoms in total. The van der Waals surface area contributed by atoms with Crippen LogP contribution < -0.4 is 73.1 Å². The van der Waals surface area contributed by atoms with E-state index in [1.165, 1.54) is 30.5 Å². The van der Waals surface area contributed by atoms with Crippen molar-refractivity contribution >= 4 is 35.3 Å². The Labute approximate surface area is 310 Å². The summed E-state index contributed by atoms with van der Waals surface area (Å²) < 4.78 is 50.8.